The molecule has 2 aliphatic carbocycles. The van der Waals surface area contributed by atoms with Crippen molar-refractivity contribution >= 4 is 23.1 Å². The minimum atomic E-state index is 0. The van der Waals surface area contributed by atoms with E-state index in [9.17, 15) is 0 Å². The van der Waals surface area contributed by atoms with Crippen molar-refractivity contribution in [1.82, 2.24) is 0 Å². The molecule has 15 heavy (non-hydrogen) atoms. The second-order valence-electron chi connectivity index (χ2n) is 3.32. The predicted octanol–water partition coefficient (Wildman–Crippen LogP) is 3.79. The van der Waals surface area contributed by atoms with Gasteiger partial charge in [0.1, 0.15) is 0 Å². The van der Waals surface area contributed by atoms with E-state index in [0.29, 0.717) is 0 Å². The van der Waals surface area contributed by atoms with Gasteiger partial charge in [0, 0.05) is 0 Å². The molecule has 0 saturated carbocycles. The average Bonchev–Trinajstić information content (AvgIpc) is 2.92. The van der Waals surface area contributed by atoms with Crippen LogP contribution in [-0.2, 0) is 0 Å². The Bertz CT molecular complexity index is 250. The SMILES string of the molecule is CCC1=[C-]CC=C1.CCC1=[C-]CC=C1.[Mg+2]. The molecule has 0 aromatic carbocycles. The Balaban J connectivity index is 0.000000245. The van der Waals surface area contributed by atoms with E-state index in [1.54, 1.807) is 0 Å². The predicted molar refractivity (Wildman–Crippen MR) is 67.4 cm³/mol. The molecule has 0 aromatic heterocycles. The summed E-state index contributed by atoms with van der Waals surface area (Å²) in [5, 5.41) is 0. The molecule has 0 heterocycles. The minimum Gasteiger partial charge on any atom is -0.270 e. The first-order valence-electron chi connectivity index (χ1n) is 5.39. The van der Waals surface area contributed by atoms with Gasteiger partial charge >= 0.3 is 23.1 Å². The van der Waals surface area contributed by atoms with Crippen LogP contribution < -0.4 is 0 Å². The summed E-state index contributed by atoms with van der Waals surface area (Å²) in [6.07, 6.45) is 19.3. The summed E-state index contributed by atoms with van der Waals surface area (Å²) in [4.78, 5) is 0. The van der Waals surface area contributed by atoms with Crippen molar-refractivity contribution in [3.63, 3.8) is 0 Å². The summed E-state index contributed by atoms with van der Waals surface area (Å²) in [7, 11) is 0. The minimum absolute atomic E-state index is 0. The van der Waals surface area contributed by atoms with Gasteiger partial charge in [-0.25, -0.2) is 23.3 Å². The zero-order valence-corrected chi connectivity index (χ0v) is 11.3. The van der Waals surface area contributed by atoms with Crippen molar-refractivity contribution < 1.29 is 0 Å². The molecule has 0 bridgehead atoms. The number of allylic oxidation sites excluding steroid dienone is 8. The van der Waals surface area contributed by atoms with E-state index in [1.807, 2.05) is 0 Å². The molecule has 0 aliphatic heterocycles. The van der Waals surface area contributed by atoms with Crippen molar-refractivity contribution in [3.8, 4) is 0 Å². The molecule has 0 nitrogen and oxygen atoms in total. The topological polar surface area (TPSA) is 0 Å². The summed E-state index contributed by atoms with van der Waals surface area (Å²) in [5.41, 5.74) is 2.72. The zero-order chi connectivity index (χ0) is 10.2. The van der Waals surface area contributed by atoms with Gasteiger partial charge in [-0.15, -0.1) is 12.8 Å². The Labute approximate surface area is 110 Å². The molecular weight excluding hydrogens is 192 g/mol. The molecule has 2 aliphatic rings. The molecule has 0 amide bonds. The normalized spacial score (nSPS) is 16.4. The van der Waals surface area contributed by atoms with Crippen molar-refractivity contribution in [3.05, 3.63) is 47.6 Å². The van der Waals surface area contributed by atoms with Crippen LogP contribution in [0.2, 0.25) is 0 Å². The Hall–Kier alpha value is -0.274. The number of rotatable bonds is 2. The molecule has 1 heteroatoms. The van der Waals surface area contributed by atoms with Crippen LogP contribution in [-0.4, -0.2) is 23.1 Å². The smallest absolute Gasteiger partial charge is 0.270 e. The van der Waals surface area contributed by atoms with E-state index in [2.05, 4.69) is 50.3 Å². The van der Waals surface area contributed by atoms with Gasteiger partial charge in [0.2, 0.25) is 0 Å². The molecule has 2 rings (SSSR count). The van der Waals surface area contributed by atoms with E-state index in [0.717, 1.165) is 25.7 Å². The largest absolute Gasteiger partial charge is 2.00 e. The fourth-order valence-corrected chi connectivity index (χ4v) is 1.39. The molecule has 0 unspecified atom stereocenters. The third-order valence-electron chi connectivity index (χ3n) is 2.29. The van der Waals surface area contributed by atoms with Gasteiger partial charge in [0.25, 0.3) is 0 Å². The number of hydrogen-bond acceptors (Lipinski definition) is 0. The molecule has 0 saturated heterocycles. The summed E-state index contributed by atoms with van der Waals surface area (Å²) in [6, 6.07) is 0. The maximum atomic E-state index is 3.21. The first-order chi connectivity index (χ1) is 6.86. The molecular formula is C14H18Mg. The van der Waals surface area contributed by atoms with Gasteiger partial charge in [-0.1, -0.05) is 26.7 Å². The van der Waals surface area contributed by atoms with E-state index in [4.69, 9.17) is 0 Å². The van der Waals surface area contributed by atoms with Gasteiger partial charge in [-0.2, -0.15) is 12.2 Å². The van der Waals surface area contributed by atoms with E-state index >= 15 is 0 Å². The Morgan fingerprint density at radius 3 is 1.47 bits per heavy atom. The number of hydrogen-bond donors (Lipinski definition) is 0. The molecule has 0 atom stereocenters. The summed E-state index contributed by atoms with van der Waals surface area (Å²) < 4.78 is 0. The van der Waals surface area contributed by atoms with Crippen molar-refractivity contribution in [2.75, 3.05) is 0 Å². The Morgan fingerprint density at radius 1 is 0.933 bits per heavy atom. The first-order valence-corrected chi connectivity index (χ1v) is 5.39. The second kappa shape index (κ2) is 8.99. The fraction of sp³-hybridized carbons (Fsp3) is 0.429. The van der Waals surface area contributed by atoms with Gasteiger partial charge in [-0.05, 0) is 0 Å². The van der Waals surface area contributed by atoms with Crippen molar-refractivity contribution in [2.24, 2.45) is 0 Å². The monoisotopic (exact) mass is 210 g/mol. The molecule has 0 radical (unpaired) electrons. The van der Waals surface area contributed by atoms with Gasteiger partial charge in [0.05, 0.1) is 0 Å². The summed E-state index contributed by atoms with van der Waals surface area (Å²) in [5.74, 6) is 0. The average molecular weight is 211 g/mol. The van der Waals surface area contributed by atoms with Crippen molar-refractivity contribution in [1.29, 1.82) is 0 Å². The van der Waals surface area contributed by atoms with Crippen molar-refractivity contribution in [2.45, 2.75) is 39.5 Å². The summed E-state index contributed by atoms with van der Waals surface area (Å²) in [6.45, 7) is 4.30. The van der Waals surface area contributed by atoms with Crippen LogP contribution in [0.15, 0.2) is 35.5 Å². The zero-order valence-electron chi connectivity index (χ0n) is 9.84. The second-order valence-corrected chi connectivity index (χ2v) is 3.32. The van der Waals surface area contributed by atoms with E-state index in [1.165, 1.54) is 11.1 Å². The molecule has 0 fully saturated rings. The third-order valence-corrected chi connectivity index (χ3v) is 2.29. The van der Waals surface area contributed by atoms with Crippen LogP contribution in [0, 0.1) is 12.2 Å². The maximum Gasteiger partial charge on any atom is 2.00 e. The quantitative estimate of drug-likeness (QED) is 0.481. The molecule has 0 N–H and O–H groups in total. The summed E-state index contributed by atoms with van der Waals surface area (Å²) >= 11 is 0. The fourth-order valence-electron chi connectivity index (χ4n) is 1.39. The molecule has 76 valence electrons. The van der Waals surface area contributed by atoms with Crippen LogP contribution in [0.5, 0.6) is 0 Å². The standard InChI is InChI=1S/2C7H9.Mg/c2*1-2-7-5-3-4-6-7;/h2*3,5H,2,4H2,1H3;/q2*-1;+2. The first kappa shape index (κ1) is 14.7. The van der Waals surface area contributed by atoms with E-state index < -0.39 is 0 Å². The Morgan fingerprint density at radius 2 is 1.33 bits per heavy atom. The maximum absolute atomic E-state index is 3.21. The molecule has 0 aromatic rings. The third kappa shape index (κ3) is 6.01. The van der Waals surface area contributed by atoms with Crippen LogP contribution in [0.4, 0.5) is 0 Å². The van der Waals surface area contributed by atoms with Gasteiger partial charge in [0.15, 0.2) is 0 Å². The van der Waals surface area contributed by atoms with Crippen LogP contribution in [0.25, 0.3) is 0 Å². The van der Waals surface area contributed by atoms with Gasteiger partial charge in [-0.3, -0.25) is 12.2 Å². The van der Waals surface area contributed by atoms with E-state index in [-0.39, 0.29) is 23.1 Å². The van der Waals surface area contributed by atoms with Crippen LogP contribution in [0.3, 0.4) is 0 Å². The molecule has 0 spiro atoms. The van der Waals surface area contributed by atoms with Crippen LogP contribution in [0.1, 0.15) is 39.5 Å². The Kier molecular flexibility index (Phi) is 8.82. The van der Waals surface area contributed by atoms with Gasteiger partial charge < -0.3 is 0 Å². The van der Waals surface area contributed by atoms with Crippen LogP contribution >= 0.6 is 0 Å².